The second kappa shape index (κ2) is 3.93. The number of hydrogen-bond donors (Lipinski definition) is 1. The van der Waals surface area contributed by atoms with Crippen molar-refractivity contribution in [2.45, 2.75) is 13.1 Å². The number of carbonyl (C=O) groups excluding carboxylic acids is 2. The molecule has 1 aromatic heterocycles. The molecule has 6 heteroatoms. The third kappa shape index (κ3) is 1.54. The average molecular weight is 268 g/mol. The van der Waals surface area contributed by atoms with Crippen molar-refractivity contribution in [1.29, 1.82) is 0 Å². The maximum Gasteiger partial charge on any atom is 0.296 e. The van der Waals surface area contributed by atoms with E-state index in [1.807, 2.05) is 18.3 Å². The van der Waals surface area contributed by atoms with Crippen LogP contribution in [0.3, 0.4) is 0 Å². The number of fused-ring (bicyclic) bond motifs is 2. The van der Waals surface area contributed by atoms with Crippen LogP contribution in [-0.2, 0) is 17.9 Å². The molecule has 100 valence electrons. The average Bonchev–Trinajstić information content (AvgIpc) is 3.03. The van der Waals surface area contributed by atoms with Crippen LogP contribution in [0.1, 0.15) is 16.2 Å². The van der Waals surface area contributed by atoms with E-state index >= 15 is 0 Å². The Bertz CT molecular complexity index is 735. The Hall–Kier alpha value is -2.63. The second-order valence-corrected chi connectivity index (χ2v) is 4.97. The highest BCUT2D eigenvalue weighted by Gasteiger charge is 2.28. The minimum atomic E-state index is -0.550. The van der Waals surface area contributed by atoms with E-state index in [1.54, 1.807) is 12.3 Å². The van der Waals surface area contributed by atoms with Gasteiger partial charge in [-0.1, -0.05) is 0 Å². The van der Waals surface area contributed by atoms with Crippen LogP contribution in [0.4, 0.5) is 11.4 Å². The van der Waals surface area contributed by atoms with Gasteiger partial charge in [0.25, 0.3) is 11.7 Å². The summed E-state index contributed by atoms with van der Waals surface area (Å²) in [4.78, 5) is 29.5. The summed E-state index contributed by atoms with van der Waals surface area (Å²) < 4.78 is 2.13. The predicted molar refractivity (Wildman–Crippen MR) is 72.7 cm³/mol. The number of ketones is 1. The Balaban J connectivity index is 1.67. The van der Waals surface area contributed by atoms with Gasteiger partial charge in [-0.05, 0) is 18.2 Å². The first-order chi connectivity index (χ1) is 9.72. The van der Waals surface area contributed by atoms with E-state index in [1.165, 1.54) is 0 Å². The van der Waals surface area contributed by atoms with Crippen LogP contribution in [0.5, 0.6) is 0 Å². The molecule has 2 aliphatic rings. The lowest BCUT2D eigenvalue weighted by atomic mass is 10.1. The molecule has 0 saturated carbocycles. The van der Waals surface area contributed by atoms with Crippen LogP contribution in [0, 0.1) is 0 Å². The summed E-state index contributed by atoms with van der Waals surface area (Å²) in [6.45, 7) is 2.50. The molecule has 1 amide bonds. The molecular formula is C14H12N4O2. The Morgan fingerprint density at radius 1 is 1.20 bits per heavy atom. The van der Waals surface area contributed by atoms with Crippen molar-refractivity contribution in [3.63, 3.8) is 0 Å². The first-order valence-electron chi connectivity index (χ1n) is 6.47. The van der Waals surface area contributed by atoms with Crippen molar-refractivity contribution in [2.75, 3.05) is 16.8 Å². The molecule has 0 radical (unpaired) electrons. The van der Waals surface area contributed by atoms with Gasteiger partial charge in [0.2, 0.25) is 0 Å². The summed E-state index contributed by atoms with van der Waals surface area (Å²) >= 11 is 0. The van der Waals surface area contributed by atoms with E-state index in [9.17, 15) is 9.59 Å². The topological polar surface area (TPSA) is 67.2 Å². The summed E-state index contributed by atoms with van der Waals surface area (Å²) in [5.41, 5.74) is 2.05. The van der Waals surface area contributed by atoms with Crippen LogP contribution in [-0.4, -0.2) is 27.8 Å². The Labute approximate surface area is 115 Å². The zero-order chi connectivity index (χ0) is 13.7. The molecule has 2 aromatic rings. The quantitative estimate of drug-likeness (QED) is 0.785. The van der Waals surface area contributed by atoms with Gasteiger partial charge in [0.1, 0.15) is 5.82 Å². The third-order valence-electron chi connectivity index (χ3n) is 3.81. The number of anilines is 2. The number of nitrogens with zero attached hydrogens (tertiary/aromatic N) is 3. The number of aromatic nitrogens is 2. The van der Waals surface area contributed by atoms with Gasteiger partial charge < -0.3 is 14.8 Å². The highest BCUT2D eigenvalue weighted by molar-refractivity contribution is 6.51. The lowest BCUT2D eigenvalue weighted by molar-refractivity contribution is -0.112. The molecule has 0 spiro atoms. The van der Waals surface area contributed by atoms with Crippen LogP contribution in [0.15, 0.2) is 30.6 Å². The van der Waals surface area contributed by atoms with Crippen molar-refractivity contribution in [3.05, 3.63) is 42.0 Å². The molecule has 0 aliphatic carbocycles. The van der Waals surface area contributed by atoms with Gasteiger partial charge in [-0.3, -0.25) is 9.59 Å². The lowest BCUT2D eigenvalue weighted by Crippen LogP contribution is -2.33. The molecule has 0 unspecified atom stereocenters. The number of benzene rings is 1. The van der Waals surface area contributed by atoms with Gasteiger partial charge in [-0.15, -0.1) is 0 Å². The zero-order valence-corrected chi connectivity index (χ0v) is 10.7. The molecule has 2 aliphatic heterocycles. The van der Waals surface area contributed by atoms with Crippen molar-refractivity contribution < 1.29 is 9.59 Å². The highest BCUT2D eigenvalue weighted by atomic mass is 16.2. The first-order valence-corrected chi connectivity index (χ1v) is 6.47. The lowest BCUT2D eigenvalue weighted by Gasteiger charge is -2.29. The number of amides is 1. The number of nitrogens with one attached hydrogen (secondary N) is 1. The Morgan fingerprint density at radius 2 is 2.10 bits per heavy atom. The van der Waals surface area contributed by atoms with Crippen molar-refractivity contribution in [1.82, 2.24) is 9.55 Å². The summed E-state index contributed by atoms with van der Waals surface area (Å²) in [5.74, 6) is 0.0175. The number of hydrogen-bond acceptors (Lipinski definition) is 4. The zero-order valence-electron chi connectivity index (χ0n) is 10.7. The minimum Gasteiger partial charge on any atom is -0.362 e. The maximum absolute atomic E-state index is 11.6. The molecule has 0 bridgehead atoms. The van der Waals surface area contributed by atoms with Crippen molar-refractivity contribution >= 4 is 23.1 Å². The largest absolute Gasteiger partial charge is 0.362 e. The number of Topliss-reactive ketones (excluding diaryl/α,β-unsaturated/α-hetero) is 1. The molecule has 4 rings (SSSR count). The van der Waals surface area contributed by atoms with Gasteiger partial charge >= 0.3 is 0 Å². The summed E-state index contributed by atoms with van der Waals surface area (Å²) in [6, 6.07) is 5.46. The highest BCUT2D eigenvalue weighted by Crippen LogP contribution is 2.29. The summed E-state index contributed by atoms with van der Waals surface area (Å²) in [6.07, 6.45) is 3.79. The fourth-order valence-electron chi connectivity index (χ4n) is 2.73. The monoisotopic (exact) mass is 268 g/mol. The van der Waals surface area contributed by atoms with Crippen LogP contribution in [0.25, 0.3) is 0 Å². The van der Waals surface area contributed by atoms with E-state index in [0.29, 0.717) is 11.3 Å². The fraction of sp³-hybridized carbons (Fsp3) is 0.214. The minimum absolute atomic E-state index is 0.456. The maximum atomic E-state index is 11.6. The van der Waals surface area contributed by atoms with E-state index in [-0.39, 0.29) is 0 Å². The van der Waals surface area contributed by atoms with E-state index in [2.05, 4.69) is 19.8 Å². The number of rotatable bonds is 1. The number of carbonyl (C=O) groups is 2. The van der Waals surface area contributed by atoms with Crippen LogP contribution < -0.4 is 10.2 Å². The SMILES string of the molecule is O=C1Nc2cc(N3CCn4ccnc4C3)ccc2C1=O. The molecule has 6 nitrogen and oxygen atoms in total. The van der Waals surface area contributed by atoms with E-state index < -0.39 is 11.7 Å². The van der Waals surface area contributed by atoms with Gasteiger partial charge in [-0.2, -0.15) is 0 Å². The van der Waals surface area contributed by atoms with Gasteiger partial charge in [0.05, 0.1) is 17.8 Å². The second-order valence-electron chi connectivity index (χ2n) is 4.97. The summed E-state index contributed by atoms with van der Waals surface area (Å²) in [5, 5.41) is 2.60. The first kappa shape index (κ1) is 11.2. The van der Waals surface area contributed by atoms with Crippen molar-refractivity contribution in [2.24, 2.45) is 0 Å². The molecule has 0 saturated heterocycles. The smallest absolute Gasteiger partial charge is 0.296 e. The van der Waals surface area contributed by atoms with Crippen LogP contribution >= 0.6 is 0 Å². The van der Waals surface area contributed by atoms with E-state index in [0.717, 1.165) is 31.1 Å². The summed E-state index contributed by atoms with van der Waals surface area (Å²) in [7, 11) is 0. The third-order valence-corrected chi connectivity index (χ3v) is 3.81. The van der Waals surface area contributed by atoms with Crippen molar-refractivity contribution in [3.8, 4) is 0 Å². The fourth-order valence-corrected chi connectivity index (χ4v) is 2.73. The number of imidazole rings is 1. The Kier molecular flexibility index (Phi) is 2.20. The standard InChI is InChI=1S/C14H12N4O2/c19-13-10-2-1-9(7-11(10)16-14(13)20)18-6-5-17-4-3-15-12(17)8-18/h1-4,7H,5-6,8H2,(H,16,19,20). The van der Waals surface area contributed by atoms with Gasteiger partial charge in [0, 0.05) is 31.2 Å². The van der Waals surface area contributed by atoms with Gasteiger partial charge in [-0.25, -0.2) is 4.98 Å². The molecule has 1 N–H and O–H groups in total. The molecule has 3 heterocycles. The van der Waals surface area contributed by atoms with Gasteiger partial charge in [0.15, 0.2) is 0 Å². The molecule has 1 aromatic carbocycles. The van der Waals surface area contributed by atoms with Crippen LogP contribution in [0.2, 0.25) is 0 Å². The molecule has 0 atom stereocenters. The predicted octanol–water partition coefficient (Wildman–Crippen LogP) is 1.04. The molecule has 0 fully saturated rings. The molecule has 20 heavy (non-hydrogen) atoms. The van der Waals surface area contributed by atoms with E-state index in [4.69, 9.17) is 0 Å². The normalized spacial score (nSPS) is 16.9. The molecular weight excluding hydrogens is 256 g/mol. The Morgan fingerprint density at radius 3 is 3.00 bits per heavy atom.